The van der Waals surface area contributed by atoms with Crippen LogP contribution in [-0.4, -0.2) is 20.7 Å². The van der Waals surface area contributed by atoms with Gasteiger partial charge < -0.3 is 9.88 Å². The Morgan fingerprint density at radius 3 is 2.34 bits per heavy atom. The van der Waals surface area contributed by atoms with E-state index < -0.39 is 0 Å². The Morgan fingerprint density at radius 2 is 1.66 bits per heavy atom. The first-order valence-corrected chi connectivity index (χ1v) is 14.0. The maximum Gasteiger partial charge on any atom is 0.226 e. The second-order valence-corrected chi connectivity index (χ2v) is 12.1. The first kappa shape index (κ1) is 22.8. The molecule has 0 spiro atoms. The zero-order chi connectivity index (χ0) is 23.8. The molecule has 7 rings (SSSR count). The third-order valence-corrected chi connectivity index (χ3v) is 9.39. The largest absolute Gasteiger partial charge is 0.348 e. The standard InChI is InChI=1S/C29H34N4OS/c1-20-6-5-9-22(10-20)19-35-28-32-31-26(33(28)18-21-7-3-2-4-8-21)17-30-27(34)29-14-23-11-24(15-29)13-25(12-23)16-29/h2-10,23-25H,11-19H2,1H3,(H,30,34). The first-order chi connectivity index (χ1) is 17.1. The molecule has 0 saturated heterocycles. The fourth-order valence-electron chi connectivity index (χ4n) is 7.17. The fourth-order valence-corrected chi connectivity index (χ4v) is 8.07. The lowest BCUT2D eigenvalue weighted by atomic mass is 9.49. The van der Waals surface area contributed by atoms with Gasteiger partial charge in [0.2, 0.25) is 5.91 Å². The molecule has 0 unspecified atom stereocenters. The molecular weight excluding hydrogens is 452 g/mol. The molecular formula is C29H34N4OS. The molecule has 2 aromatic carbocycles. The van der Waals surface area contributed by atoms with Gasteiger partial charge >= 0.3 is 0 Å². The van der Waals surface area contributed by atoms with Crippen LogP contribution in [-0.2, 0) is 23.6 Å². The second-order valence-electron chi connectivity index (χ2n) is 11.1. The van der Waals surface area contributed by atoms with Gasteiger partial charge in [0.25, 0.3) is 0 Å². The van der Waals surface area contributed by atoms with Gasteiger partial charge in [-0.1, -0.05) is 71.9 Å². The van der Waals surface area contributed by atoms with Gasteiger partial charge in [-0.25, -0.2) is 0 Å². The summed E-state index contributed by atoms with van der Waals surface area (Å²) in [5.74, 6) is 4.21. The van der Waals surface area contributed by atoms with Crippen molar-refractivity contribution in [3.63, 3.8) is 0 Å². The van der Waals surface area contributed by atoms with Crippen molar-refractivity contribution >= 4 is 17.7 Å². The monoisotopic (exact) mass is 486 g/mol. The Labute approximate surface area is 212 Å². The number of hydrogen-bond acceptors (Lipinski definition) is 4. The van der Waals surface area contributed by atoms with Gasteiger partial charge in [0, 0.05) is 11.2 Å². The molecule has 3 aromatic rings. The molecule has 4 saturated carbocycles. The van der Waals surface area contributed by atoms with Crippen molar-refractivity contribution in [3.05, 3.63) is 77.1 Å². The van der Waals surface area contributed by atoms with E-state index in [0.717, 1.165) is 53.7 Å². The summed E-state index contributed by atoms with van der Waals surface area (Å²) in [4.78, 5) is 13.5. The van der Waals surface area contributed by atoms with Crippen LogP contribution in [0.3, 0.4) is 0 Å². The van der Waals surface area contributed by atoms with Crippen LogP contribution in [0.5, 0.6) is 0 Å². The van der Waals surface area contributed by atoms with Gasteiger partial charge in [-0.3, -0.25) is 4.79 Å². The molecule has 0 aliphatic heterocycles. The molecule has 1 amide bonds. The molecule has 0 radical (unpaired) electrons. The summed E-state index contributed by atoms with van der Waals surface area (Å²) >= 11 is 1.71. The number of benzene rings is 2. The number of nitrogens with one attached hydrogen (secondary N) is 1. The molecule has 35 heavy (non-hydrogen) atoms. The van der Waals surface area contributed by atoms with E-state index in [9.17, 15) is 4.79 Å². The first-order valence-electron chi connectivity index (χ1n) is 13.0. The predicted molar refractivity (Wildman–Crippen MR) is 139 cm³/mol. The van der Waals surface area contributed by atoms with Crippen LogP contribution in [0, 0.1) is 30.1 Å². The van der Waals surface area contributed by atoms with E-state index in [4.69, 9.17) is 0 Å². The van der Waals surface area contributed by atoms with Gasteiger partial charge in [0.1, 0.15) is 0 Å². The highest BCUT2D eigenvalue weighted by atomic mass is 32.2. The Kier molecular flexibility index (Phi) is 6.17. The highest BCUT2D eigenvalue weighted by Crippen LogP contribution is 2.60. The van der Waals surface area contributed by atoms with Crippen molar-refractivity contribution < 1.29 is 4.79 Å². The van der Waals surface area contributed by atoms with Crippen LogP contribution in [0.25, 0.3) is 0 Å². The number of nitrogens with zero attached hydrogens (tertiary/aromatic N) is 3. The van der Waals surface area contributed by atoms with Crippen LogP contribution in [0.15, 0.2) is 59.8 Å². The lowest BCUT2D eigenvalue weighted by Gasteiger charge is -2.55. The Bertz CT molecular complexity index is 1170. The van der Waals surface area contributed by atoms with Crippen molar-refractivity contribution in [2.45, 2.75) is 69.4 Å². The normalized spacial score (nSPS) is 26.7. The quantitative estimate of drug-likeness (QED) is 0.411. The lowest BCUT2D eigenvalue weighted by Crippen LogP contribution is -2.53. The average Bonchev–Trinajstić information content (AvgIpc) is 3.22. The van der Waals surface area contributed by atoms with Crippen molar-refractivity contribution in [1.82, 2.24) is 20.1 Å². The number of hydrogen-bond donors (Lipinski definition) is 1. The number of carbonyl (C=O) groups is 1. The molecule has 1 aromatic heterocycles. The van der Waals surface area contributed by atoms with Crippen LogP contribution < -0.4 is 5.32 Å². The minimum Gasteiger partial charge on any atom is -0.348 e. The highest BCUT2D eigenvalue weighted by molar-refractivity contribution is 7.98. The van der Waals surface area contributed by atoms with Crippen molar-refractivity contribution in [2.24, 2.45) is 23.2 Å². The average molecular weight is 487 g/mol. The van der Waals surface area contributed by atoms with Crippen molar-refractivity contribution in [2.75, 3.05) is 0 Å². The maximum absolute atomic E-state index is 13.5. The van der Waals surface area contributed by atoms with E-state index in [-0.39, 0.29) is 11.3 Å². The summed E-state index contributed by atoms with van der Waals surface area (Å²) in [7, 11) is 0. The summed E-state index contributed by atoms with van der Waals surface area (Å²) in [6.45, 7) is 3.26. The van der Waals surface area contributed by atoms with Crippen LogP contribution in [0.2, 0.25) is 0 Å². The minimum absolute atomic E-state index is 0.137. The van der Waals surface area contributed by atoms with E-state index in [1.165, 1.54) is 36.0 Å². The third kappa shape index (κ3) is 4.77. The fraction of sp³-hybridized carbons (Fsp3) is 0.483. The second kappa shape index (κ2) is 9.45. The maximum atomic E-state index is 13.5. The smallest absolute Gasteiger partial charge is 0.226 e. The van der Waals surface area contributed by atoms with E-state index in [2.05, 4.69) is 75.5 Å². The topological polar surface area (TPSA) is 59.8 Å². The highest BCUT2D eigenvalue weighted by Gasteiger charge is 2.54. The lowest BCUT2D eigenvalue weighted by molar-refractivity contribution is -0.146. The molecule has 1 N–H and O–H groups in total. The Balaban J connectivity index is 1.19. The zero-order valence-electron chi connectivity index (χ0n) is 20.5. The number of rotatable bonds is 8. The molecule has 1 heterocycles. The number of thioether (sulfide) groups is 1. The molecule has 5 nitrogen and oxygen atoms in total. The Morgan fingerprint density at radius 1 is 0.971 bits per heavy atom. The number of aryl methyl sites for hydroxylation is 1. The van der Waals surface area contributed by atoms with Gasteiger partial charge in [0.05, 0.1) is 13.1 Å². The van der Waals surface area contributed by atoms with Crippen LogP contribution in [0.4, 0.5) is 0 Å². The van der Waals surface area contributed by atoms with Gasteiger partial charge in [-0.15, -0.1) is 10.2 Å². The van der Waals surface area contributed by atoms with Gasteiger partial charge in [-0.2, -0.15) is 0 Å². The van der Waals surface area contributed by atoms with E-state index in [1.54, 1.807) is 11.8 Å². The van der Waals surface area contributed by atoms with Crippen LogP contribution >= 0.6 is 11.8 Å². The zero-order valence-corrected chi connectivity index (χ0v) is 21.3. The van der Waals surface area contributed by atoms with Crippen molar-refractivity contribution in [3.8, 4) is 0 Å². The van der Waals surface area contributed by atoms with Crippen molar-refractivity contribution in [1.29, 1.82) is 0 Å². The number of carbonyl (C=O) groups excluding carboxylic acids is 1. The number of aromatic nitrogens is 3. The molecule has 4 aliphatic rings. The summed E-state index contributed by atoms with van der Waals surface area (Å²) in [5, 5.41) is 13.3. The van der Waals surface area contributed by atoms with E-state index in [1.807, 2.05) is 6.07 Å². The number of amides is 1. The minimum atomic E-state index is -0.137. The molecule has 6 heteroatoms. The molecule has 0 atom stereocenters. The van der Waals surface area contributed by atoms with E-state index >= 15 is 0 Å². The summed E-state index contributed by atoms with van der Waals surface area (Å²) < 4.78 is 2.18. The van der Waals surface area contributed by atoms with Crippen LogP contribution in [0.1, 0.15) is 61.0 Å². The predicted octanol–water partition coefficient (Wildman–Crippen LogP) is 5.76. The molecule has 4 aliphatic carbocycles. The summed E-state index contributed by atoms with van der Waals surface area (Å²) in [6, 6.07) is 19.0. The summed E-state index contributed by atoms with van der Waals surface area (Å²) in [5.41, 5.74) is 3.61. The Hall–Kier alpha value is -2.60. The van der Waals surface area contributed by atoms with Gasteiger partial charge in [0.15, 0.2) is 11.0 Å². The third-order valence-electron chi connectivity index (χ3n) is 8.35. The van der Waals surface area contributed by atoms with E-state index in [0.29, 0.717) is 13.1 Å². The molecule has 182 valence electrons. The molecule has 4 fully saturated rings. The van der Waals surface area contributed by atoms with Gasteiger partial charge in [-0.05, 0) is 74.3 Å². The SMILES string of the molecule is Cc1cccc(CSc2nnc(CNC(=O)C34CC5CC(CC(C5)C3)C4)n2Cc2ccccc2)c1. The summed E-state index contributed by atoms with van der Waals surface area (Å²) in [6.07, 6.45) is 7.29. The molecule has 4 bridgehead atoms.